The molecule has 5 rings (SSSR count). The standard InChI is InChI=1S/C24H24N4O2/c1-30-24(29)18-9-10-19-15-28(12-11-17(19)13-18)22-14-21(25-20-5-3-2-4-6-20)26-23(27-22)16-7-8-16/h2-6,9-10,13-14,16H,7-8,11-12,15H2,1H3,(H,25,26,27). The average Bonchev–Trinajstić information content (AvgIpc) is 3.64. The van der Waals surface area contributed by atoms with Crippen molar-refractivity contribution < 1.29 is 9.53 Å². The van der Waals surface area contributed by atoms with Gasteiger partial charge in [-0.05, 0) is 54.7 Å². The zero-order valence-electron chi connectivity index (χ0n) is 17.0. The summed E-state index contributed by atoms with van der Waals surface area (Å²) in [4.78, 5) is 23.8. The van der Waals surface area contributed by atoms with E-state index in [0.717, 1.165) is 55.5 Å². The first kappa shape index (κ1) is 18.6. The number of fused-ring (bicyclic) bond motifs is 1. The number of hydrogen-bond acceptors (Lipinski definition) is 6. The predicted octanol–water partition coefficient (Wildman–Crippen LogP) is 4.45. The van der Waals surface area contributed by atoms with Crippen molar-refractivity contribution in [2.75, 3.05) is 23.9 Å². The number of rotatable bonds is 5. The van der Waals surface area contributed by atoms with Crippen molar-refractivity contribution in [3.8, 4) is 0 Å². The summed E-state index contributed by atoms with van der Waals surface area (Å²) >= 11 is 0. The van der Waals surface area contributed by atoms with Gasteiger partial charge in [-0.2, -0.15) is 0 Å². The maximum absolute atomic E-state index is 11.8. The van der Waals surface area contributed by atoms with E-state index in [1.807, 2.05) is 54.6 Å². The molecule has 0 radical (unpaired) electrons. The number of methoxy groups -OCH3 is 1. The highest BCUT2D eigenvalue weighted by Gasteiger charge is 2.28. The number of aromatic nitrogens is 2. The number of ether oxygens (including phenoxy) is 1. The minimum Gasteiger partial charge on any atom is -0.465 e. The lowest BCUT2D eigenvalue weighted by Crippen LogP contribution is -2.31. The van der Waals surface area contributed by atoms with Gasteiger partial charge in [-0.3, -0.25) is 0 Å². The number of esters is 1. The van der Waals surface area contributed by atoms with Crippen LogP contribution in [0.1, 0.15) is 46.1 Å². The first-order valence-electron chi connectivity index (χ1n) is 10.4. The molecule has 2 aromatic carbocycles. The van der Waals surface area contributed by atoms with E-state index in [0.29, 0.717) is 11.5 Å². The van der Waals surface area contributed by atoms with Crippen LogP contribution in [0.3, 0.4) is 0 Å². The highest BCUT2D eigenvalue weighted by molar-refractivity contribution is 5.89. The maximum Gasteiger partial charge on any atom is 0.337 e. The van der Waals surface area contributed by atoms with E-state index in [9.17, 15) is 4.79 Å². The molecular formula is C24H24N4O2. The number of carbonyl (C=O) groups excluding carboxylic acids is 1. The van der Waals surface area contributed by atoms with Crippen LogP contribution in [0.15, 0.2) is 54.6 Å². The molecule has 0 saturated heterocycles. The van der Waals surface area contributed by atoms with Crippen LogP contribution in [0.5, 0.6) is 0 Å². The van der Waals surface area contributed by atoms with Gasteiger partial charge < -0.3 is 15.0 Å². The Balaban J connectivity index is 1.42. The molecule has 6 nitrogen and oxygen atoms in total. The van der Waals surface area contributed by atoms with E-state index in [1.54, 1.807) is 0 Å². The molecule has 0 unspecified atom stereocenters. The van der Waals surface area contributed by atoms with Crippen molar-refractivity contribution >= 4 is 23.3 Å². The molecule has 6 heteroatoms. The van der Waals surface area contributed by atoms with Crippen molar-refractivity contribution in [1.29, 1.82) is 0 Å². The second kappa shape index (κ2) is 7.78. The molecule has 3 aromatic rings. The summed E-state index contributed by atoms with van der Waals surface area (Å²) in [6.45, 7) is 1.62. The first-order valence-corrected chi connectivity index (χ1v) is 10.4. The molecule has 0 bridgehead atoms. The monoisotopic (exact) mass is 400 g/mol. The minimum atomic E-state index is -0.290. The molecule has 0 spiro atoms. The van der Waals surface area contributed by atoms with Crippen LogP contribution in [0.2, 0.25) is 0 Å². The van der Waals surface area contributed by atoms with Gasteiger partial charge in [0.15, 0.2) is 0 Å². The summed E-state index contributed by atoms with van der Waals surface area (Å²) in [6, 6.07) is 18.0. The third-order valence-corrected chi connectivity index (χ3v) is 5.68. The van der Waals surface area contributed by atoms with Crippen LogP contribution < -0.4 is 10.2 Å². The fraction of sp³-hybridized carbons (Fsp3) is 0.292. The lowest BCUT2D eigenvalue weighted by molar-refractivity contribution is 0.0600. The number of para-hydroxylation sites is 1. The molecule has 1 saturated carbocycles. The van der Waals surface area contributed by atoms with Gasteiger partial charge in [0, 0.05) is 30.8 Å². The first-order chi connectivity index (χ1) is 14.7. The summed E-state index contributed by atoms with van der Waals surface area (Å²) in [5.41, 5.74) is 4.05. The molecule has 1 fully saturated rings. The number of carbonyl (C=O) groups is 1. The number of hydrogen-bond donors (Lipinski definition) is 1. The van der Waals surface area contributed by atoms with Crippen LogP contribution in [0, 0.1) is 0 Å². The normalized spacial score (nSPS) is 15.4. The zero-order chi connectivity index (χ0) is 20.5. The van der Waals surface area contributed by atoms with Gasteiger partial charge in [0.1, 0.15) is 17.5 Å². The van der Waals surface area contributed by atoms with Gasteiger partial charge >= 0.3 is 5.97 Å². The Bertz CT molecular complexity index is 1080. The Morgan fingerprint density at radius 3 is 2.67 bits per heavy atom. The largest absolute Gasteiger partial charge is 0.465 e. The van der Waals surface area contributed by atoms with Gasteiger partial charge in [-0.15, -0.1) is 0 Å². The summed E-state index contributed by atoms with van der Waals surface area (Å²) in [5.74, 6) is 2.90. The van der Waals surface area contributed by atoms with Crippen LogP contribution in [-0.4, -0.2) is 29.6 Å². The van der Waals surface area contributed by atoms with Crippen molar-refractivity contribution in [2.24, 2.45) is 0 Å². The Kier molecular flexibility index (Phi) is 4.83. The fourth-order valence-electron chi connectivity index (χ4n) is 3.87. The summed E-state index contributed by atoms with van der Waals surface area (Å²) in [7, 11) is 1.41. The average molecular weight is 400 g/mol. The third kappa shape index (κ3) is 3.85. The molecular weight excluding hydrogens is 376 g/mol. The van der Waals surface area contributed by atoms with Gasteiger partial charge in [-0.1, -0.05) is 24.3 Å². The molecule has 2 heterocycles. The predicted molar refractivity (Wildman–Crippen MR) is 116 cm³/mol. The number of benzene rings is 2. The summed E-state index contributed by atoms with van der Waals surface area (Å²) < 4.78 is 4.85. The van der Waals surface area contributed by atoms with Crippen LogP contribution >= 0.6 is 0 Å². The molecule has 0 atom stereocenters. The third-order valence-electron chi connectivity index (χ3n) is 5.68. The van der Waals surface area contributed by atoms with E-state index in [2.05, 4.69) is 10.2 Å². The van der Waals surface area contributed by atoms with E-state index in [-0.39, 0.29) is 5.97 Å². The second-order valence-corrected chi connectivity index (χ2v) is 7.88. The minimum absolute atomic E-state index is 0.290. The van der Waals surface area contributed by atoms with E-state index in [4.69, 9.17) is 14.7 Å². The molecule has 2 aliphatic rings. The molecule has 1 N–H and O–H groups in total. The van der Waals surface area contributed by atoms with Crippen molar-refractivity contribution in [3.63, 3.8) is 0 Å². The number of nitrogens with zero attached hydrogens (tertiary/aromatic N) is 3. The molecule has 0 amide bonds. The van der Waals surface area contributed by atoms with Crippen LogP contribution in [0.25, 0.3) is 0 Å². The van der Waals surface area contributed by atoms with Crippen molar-refractivity contribution in [2.45, 2.75) is 31.7 Å². The highest BCUT2D eigenvalue weighted by Crippen LogP contribution is 2.39. The Hall–Kier alpha value is -3.41. The van der Waals surface area contributed by atoms with E-state index < -0.39 is 0 Å². The maximum atomic E-state index is 11.8. The van der Waals surface area contributed by atoms with Crippen LogP contribution in [-0.2, 0) is 17.7 Å². The topological polar surface area (TPSA) is 67.3 Å². The van der Waals surface area contributed by atoms with Gasteiger partial charge in [0.2, 0.25) is 0 Å². The van der Waals surface area contributed by atoms with E-state index in [1.165, 1.54) is 18.2 Å². The second-order valence-electron chi connectivity index (χ2n) is 7.88. The summed E-state index contributed by atoms with van der Waals surface area (Å²) in [6.07, 6.45) is 3.19. The number of anilines is 3. The van der Waals surface area contributed by atoms with Crippen molar-refractivity contribution in [1.82, 2.24) is 9.97 Å². The fourth-order valence-corrected chi connectivity index (χ4v) is 3.87. The molecule has 30 heavy (non-hydrogen) atoms. The Morgan fingerprint density at radius 2 is 1.90 bits per heavy atom. The van der Waals surface area contributed by atoms with Crippen LogP contribution in [0.4, 0.5) is 17.3 Å². The van der Waals surface area contributed by atoms with Gasteiger partial charge in [0.05, 0.1) is 12.7 Å². The SMILES string of the molecule is COC(=O)c1ccc2c(c1)CCN(c1cc(Nc3ccccc3)nc(C3CC3)n1)C2. The van der Waals surface area contributed by atoms with Gasteiger partial charge in [-0.25, -0.2) is 14.8 Å². The summed E-state index contributed by atoms with van der Waals surface area (Å²) in [5, 5.41) is 3.42. The quantitative estimate of drug-likeness (QED) is 0.639. The molecule has 152 valence electrons. The Labute approximate surface area is 175 Å². The lowest BCUT2D eigenvalue weighted by Gasteiger charge is -2.30. The molecule has 1 aliphatic heterocycles. The smallest absolute Gasteiger partial charge is 0.337 e. The molecule has 1 aromatic heterocycles. The van der Waals surface area contributed by atoms with Gasteiger partial charge in [0.25, 0.3) is 0 Å². The van der Waals surface area contributed by atoms with Crippen molar-refractivity contribution in [3.05, 3.63) is 77.1 Å². The lowest BCUT2D eigenvalue weighted by atomic mass is 9.97. The highest BCUT2D eigenvalue weighted by atomic mass is 16.5. The van der Waals surface area contributed by atoms with E-state index >= 15 is 0 Å². The number of nitrogens with one attached hydrogen (secondary N) is 1. The zero-order valence-corrected chi connectivity index (χ0v) is 17.0. The molecule has 1 aliphatic carbocycles. The Morgan fingerprint density at radius 1 is 1.07 bits per heavy atom.